The van der Waals surface area contributed by atoms with Gasteiger partial charge in [-0.1, -0.05) is 18.2 Å². The molecule has 8 nitrogen and oxygen atoms in total. The Morgan fingerprint density at radius 3 is 2.37 bits per heavy atom. The molecule has 27 heavy (non-hydrogen) atoms. The number of anilines is 1. The number of hydrogen-bond donors (Lipinski definition) is 1. The van der Waals surface area contributed by atoms with Crippen molar-refractivity contribution in [3.63, 3.8) is 0 Å². The zero-order chi connectivity index (χ0) is 19.6. The molecule has 1 atom stereocenters. The Labute approximate surface area is 154 Å². The van der Waals surface area contributed by atoms with E-state index in [1.807, 2.05) is 0 Å². The molecule has 1 amide bonds. The van der Waals surface area contributed by atoms with Gasteiger partial charge in [0.25, 0.3) is 11.6 Å². The van der Waals surface area contributed by atoms with Crippen LogP contribution in [0.1, 0.15) is 18.5 Å². The van der Waals surface area contributed by atoms with Crippen LogP contribution < -0.4 is 4.90 Å². The summed E-state index contributed by atoms with van der Waals surface area (Å²) >= 11 is 0. The molecule has 0 aliphatic carbocycles. The van der Waals surface area contributed by atoms with E-state index in [1.54, 1.807) is 37.3 Å². The molecule has 0 aromatic heterocycles. The molecule has 1 N–H and O–H groups in total. The van der Waals surface area contributed by atoms with Crippen molar-refractivity contribution in [2.24, 2.45) is 0 Å². The average molecular weight is 368 g/mol. The van der Waals surface area contributed by atoms with Crippen LogP contribution in [0.15, 0.2) is 65.9 Å². The van der Waals surface area contributed by atoms with Crippen molar-refractivity contribution in [2.75, 3.05) is 11.5 Å². The maximum absolute atomic E-state index is 12.7. The summed E-state index contributed by atoms with van der Waals surface area (Å²) in [5.41, 5.74) is 0.585. The number of amides is 1. The van der Waals surface area contributed by atoms with Crippen LogP contribution in [-0.2, 0) is 14.3 Å². The van der Waals surface area contributed by atoms with Crippen molar-refractivity contribution in [1.29, 1.82) is 0 Å². The van der Waals surface area contributed by atoms with Gasteiger partial charge in [-0.3, -0.25) is 19.8 Å². The molecule has 1 aliphatic rings. The normalized spacial score (nSPS) is 16.6. The molecule has 1 heterocycles. The summed E-state index contributed by atoms with van der Waals surface area (Å²) in [4.78, 5) is 36.7. The lowest BCUT2D eigenvalue weighted by Crippen LogP contribution is -2.31. The predicted molar refractivity (Wildman–Crippen MR) is 96.1 cm³/mol. The molecule has 8 heteroatoms. The van der Waals surface area contributed by atoms with Crippen LogP contribution >= 0.6 is 0 Å². The number of nitro groups is 1. The third kappa shape index (κ3) is 3.24. The Kier molecular flexibility index (Phi) is 4.89. The van der Waals surface area contributed by atoms with Crippen LogP contribution in [0.3, 0.4) is 0 Å². The molecular formula is C19H16N2O6. The number of esters is 1. The lowest BCUT2D eigenvalue weighted by Gasteiger charge is -2.26. The third-order valence-corrected chi connectivity index (χ3v) is 4.16. The van der Waals surface area contributed by atoms with Gasteiger partial charge < -0.3 is 9.84 Å². The second kappa shape index (κ2) is 7.28. The molecule has 0 bridgehead atoms. The van der Waals surface area contributed by atoms with Gasteiger partial charge >= 0.3 is 5.97 Å². The highest BCUT2D eigenvalue weighted by Gasteiger charge is 2.45. The van der Waals surface area contributed by atoms with Crippen molar-refractivity contribution in [3.8, 4) is 0 Å². The number of rotatable bonds is 5. The first-order chi connectivity index (χ1) is 13.0. The fourth-order valence-electron chi connectivity index (χ4n) is 2.97. The number of carbonyl (C=O) groups excluding carboxylic acids is 2. The summed E-state index contributed by atoms with van der Waals surface area (Å²) in [5, 5.41) is 21.2. The van der Waals surface area contributed by atoms with Gasteiger partial charge in [0.1, 0.15) is 5.57 Å². The van der Waals surface area contributed by atoms with Crippen molar-refractivity contribution < 1.29 is 24.4 Å². The zero-order valence-corrected chi connectivity index (χ0v) is 14.4. The van der Waals surface area contributed by atoms with Crippen LogP contribution in [0.5, 0.6) is 0 Å². The van der Waals surface area contributed by atoms with E-state index in [0.29, 0.717) is 11.3 Å². The molecule has 0 saturated carbocycles. The minimum atomic E-state index is -0.959. The van der Waals surface area contributed by atoms with E-state index in [9.17, 15) is 24.8 Å². The number of nitro benzene ring substituents is 1. The van der Waals surface area contributed by atoms with Gasteiger partial charge in [-0.15, -0.1) is 0 Å². The predicted octanol–water partition coefficient (Wildman–Crippen LogP) is 3.06. The topological polar surface area (TPSA) is 110 Å². The highest BCUT2D eigenvalue weighted by atomic mass is 16.6. The number of carbonyl (C=O) groups is 2. The Balaban J connectivity index is 2.13. The van der Waals surface area contributed by atoms with Gasteiger partial charge in [0, 0.05) is 17.8 Å². The first-order valence-electron chi connectivity index (χ1n) is 8.19. The van der Waals surface area contributed by atoms with Crippen molar-refractivity contribution in [3.05, 3.63) is 81.6 Å². The second-order valence-corrected chi connectivity index (χ2v) is 5.74. The lowest BCUT2D eigenvalue weighted by molar-refractivity contribution is -0.384. The number of non-ortho nitro benzene ring substituents is 1. The molecule has 0 fully saturated rings. The van der Waals surface area contributed by atoms with E-state index >= 15 is 0 Å². The summed E-state index contributed by atoms with van der Waals surface area (Å²) in [7, 11) is 0. The molecule has 0 radical (unpaired) electrons. The van der Waals surface area contributed by atoms with Gasteiger partial charge in [0.05, 0.1) is 17.6 Å². The molecule has 0 spiro atoms. The van der Waals surface area contributed by atoms with Gasteiger partial charge in [-0.05, 0) is 36.8 Å². The molecular weight excluding hydrogens is 352 g/mol. The van der Waals surface area contributed by atoms with Crippen molar-refractivity contribution in [1.82, 2.24) is 0 Å². The Morgan fingerprint density at radius 1 is 1.19 bits per heavy atom. The van der Waals surface area contributed by atoms with Crippen LogP contribution in [-0.4, -0.2) is 28.5 Å². The number of ether oxygens (including phenoxy) is 1. The average Bonchev–Trinajstić information content (AvgIpc) is 2.94. The summed E-state index contributed by atoms with van der Waals surface area (Å²) < 4.78 is 5.00. The zero-order valence-electron chi connectivity index (χ0n) is 14.4. The summed E-state index contributed by atoms with van der Waals surface area (Å²) in [6.45, 7) is 1.68. The van der Waals surface area contributed by atoms with E-state index < -0.39 is 28.6 Å². The third-order valence-electron chi connectivity index (χ3n) is 4.16. The quantitative estimate of drug-likeness (QED) is 0.493. The second-order valence-electron chi connectivity index (χ2n) is 5.74. The minimum Gasteiger partial charge on any atom is -0.503 e. The fourth-order valence-corrected chi connectivity index (χ4v) is 2.97. The number of hydrogen-bond acceptors (Lipinski definition) is 6. The Hall–Kier alpha value is -3.68. The summed E-state index contributed by atoms with van der Waals surface area (Å²) in [5.74, 6) is -2.25. The number of nitrogens with zero attached hydrogens (tertiary/aromatic N) is 2. The lowest BCUT2D eigenvalue weighted by atomic mass is 9.98. The first kappa shape index (κ1) is 18.1. The van der Waals surface area contributed by atoms with Crippen molar-refractivity contribution >= 4 is 23.3 Å². The maximum Gasteiger partial charge on any atom is 0.340 e. The van der Waals surface area contributed by atoms with Crippen LogP contribution in [0, 0.1) is 10.1 Å². The van der Waals surface area contributed by atoms with Crippen LogP contribution in [0.25, 0.3) is 0 Å². The van der Waals surface area contributed by atoms with Gasteiger partial charge in [-0.25, -0.2) is 4.79 Å². The highest BCUT2D eigenvalue weighted by molar-refractivity contribution is 6.15. The van der Waals surface area contributed by atoms with Crippen LogP contribution in [0.2, 0.25) is 0 Å². The Bertz CT molecular complexity index is 921. The maximum atomic E-state index is 12.7. The smallest absolute Gasteiger partial charge is 0.340 e. The molecule has 138 valence electrons. The minimum absolute atomic E-state index is 0.0715. The molecule has 0 saturated heterocycles. The van der Waals surface area contributed by atoms with E-state index in [2.05, 4.69) is 0 Å². The van der Waals surface area contributed by atoms with E-state index in [-0.39, 0.29) is 17.9 Å². The monoisotopic (exact) mass is 368 g/mol. The fraction of sp³-hybridized carbons (Fsp3) is 0.158. The van der Waals surface area contributed by atoms with Gasteiger partial charge in [-0.2, -0.15) is 0 Å². The standard InChI is InChI=1S/C19H16N2O6/c1-2-27-19(24)15-16(12-8-10-14(11-9-12)21(25)26)20(18(23)17(15)22)13-6-4-3-5-7-13/h3-11,16,22H,2H2,1H3/t16-/m0/s1. The molecule has 1 aliphatic heterocycles. The Morgan fingerprint density at radius 2 is 1.81 bits per heavy atom. The highest BCUT2D eigenvalue weighted by Crippen LogP contribution is 2.41. The first-order valence-corrected chi connectivity index (χ1v) is 8.19. The number of aliphatic hydroxyl groups excluding tert-OH is 1. The largest absolute Gasteiger partial charge is 0.503 e. The number of aliphatic hydroxyl groups is 1. The number of para-hydroxylation sites is 1. The summed E-state index contributed by atoms with van der Waals surface area (Å²) in [6.07, 6.45) is 0. The number of benzene rings is 2. The van der Waals surface area contributed by atoms with Crippen LogP contribution in [0.4, 0.5) is 11.4 Å². The van der Waals surface area contributed by atoms with E-state index in [0.717, 1.165) is 0 Å². The molecule has 3 rings (SSSR count). The summed E-state index contributed by atoms with van der Waals surface area (Å²) in [6, 6.07) is 13.0. The molecule has 2 aromatic carbocycles. The van der Waals surface area contributed by atoms with Gasteiger partial charge in [0.15, 0.2) is 5.76 Å². The molecule has 0 unspecified atom stereocenters. The SMILES string of the molecule is CCOC(=O)C1=C(O)C(=O)N(c2ccccc2)[C@H]1c1ccc([N+](=O)[O-])cc1. The molecule has 2 aromatic rings. The van der Waals surface area contributed by atoms with E-state index in [1.165, 1.54) is 29.2 Å². The van der Waals surface area contributed by atoms with Gasteiger partial charge in [0.2, 0.25) is 0 Å². The van der Waals surface area contributed by atoms with Crippen molar-refractivity contribution in [2.45, 2.75) is 13.0 Å². The van der Waals surface area contributed by atoms with E-state index in [4.69, 9.17) is 4.74 Å².